The van der Waals surface area contributed by atoms with Crippen molar-refractivity contribution in [2.45, 2.75) is 6.92 Å². The summed E-state index contributed by atoms with van der Waals surface area (Å²) in [6.07, 6.45) is 0.934. The zero-order valence-corrected chi connectivity index (χ0v) is 8.67. The van der Waals surface area contributed by atoms with Crippen molar-refractivity contribution in [3.63, 3.8) is 0 Å². The van der Waals surface area contributed by atoms with E-state index in [-0.39, 0.29) is 17.1 Å². The number of benzene rings is 1. The van der Waals surface area contributed by atoms with Crippen LogP contribution in [0.3, 0.4) is 0 Å². The molecule has 0 radical (unpaired) electrons. The van der Waals surface area contributed by atoms with E-state index in [1.165, 1.54) is 19.1 Å². The largest absolute Gasteiger partial charge is 0.382 e. The minimum absolute atomic E-state index is 0.0718. The van der Waals surface area contributed by atoms with Crippen LogP contribution in [0.25, 0.3) is 0 Å². The van der Waals surface area contributed by atoms with Crippen LogP contribution in [0.4, 0.5) is 0 Å². The highest BCUT2D eigenvalue weighted by Crippen LogP contribution is 2.19. The maximum Gasteiger partial charge on any atom is 0.306 e. The van der Waals surface area contributed by atoms with Crippen LogP contribution in [0.2, 0.25) is 0 Å². The van der Waals surface area contributed by atoms with E-state index in [0.717, 1.165) is 6.26 Å². The van der Waals surface area contributed by atoms with Crippen LogP contribution in [0, 0.1) is 0 Å². The lowest BCUT2D eigenvalue weighted by Gasteiger charge is -2.05. The van der Waals surface area contributed by atoms with Gasteiger partial charge in [-0.3, -0.25) is 4.79 Å². The van der Waals surface area contributed by atoms with Crippen molar-refractivity contribution in [2.75, 3.05) is 6.26 Å². The maximum atomic E-state index is 11.1. The molecule has 0 amide bonds. The molecule has 4 nitrogen and oxygen atoms in total. The second-order valence-electron chi connectivity index (χ2n) is 2.84. The van der Waals surface area contributed by atoms with Gasteiger partial charge in [0.05, 0.1) is 11.8 Å². The fourth-order valence-corrected chi connectivity index (χ4v) is 1.46. The summed E-state index contributed by atoms with van der Waals surface area (Å²) in [5.41, 5.74) is 0.262. The third-order valence-electron chi connectivity index (χ3n) is 1.51. The summed E-state index contributed by atoms with van der Waals surface area (Å²) in [5.74, 6) is -0.160. The predicted molar refractivity (Wildman–Crippen MR) is 51.9 cm³/mol. The van der Waals surface area contributed by atoms with Gasteiger partial charge in [-0.25, -0.2) is 0 Å². The van der Waals surface area contributed by atoms with E-state index in [4.69, 9.17) is 0 Å². The van der Waals surface area contributed by atoms with E-state index in [9.17, 15) is 13.2 Å². The van der Waals surface area contributed by atoms with Crippen molar-refractivity contribution in [1.82, 2.24) is 0 Å². The Morgan fingerprint density at radius 1 is 1.29 bits per heavy atom. The fraction of sp³-hybridized carbons (Fsp3) is 0.222. The molecule has 0 saturated carbocycles. The molecule has 14 heavy (non-hydrogen) atoms. The second kappa shape index (κ2) is 3.79. The Morgan fingerprint density at radius 2 is 1.86 bits per heavy atom. The summed E-state index contributed by atoms with van der Waals surface area (Å²) in [6.45, 7) is 1.35. The number of rotatable bonds is 3. The second-order valence-corrected chi connectivity index (χ2v) is 4.41. The molecule has 1 aromatic carbocycles. The molecule has 0 atom stereocenters. The number of hydrogen-bond acceptors (Lipinski definition) is 4. The number of carbonyl (C=O) groups is 1. The van der Waals surface area contributed by atoms with Gasteiger partial charge in [0.1, 0.15) is 0 Å². The first kappa shape index (κ1) is 10.7. The average Bonchev–Trinajstić information content (AvgIpc) is 2.01. The summed E-state index contributed by atoms with van der Waals surface area (Å²) in [7, 11) is -3.59. The summed E-state index contributed by atoms with van der Waals surface area (Å²) in [4.78, 5) is 11.1. The molecule has 0 saturated heterocycles. The first-order valence-electron chi connectivity index (χ1n) is 3.89. The van der Waals surface area contributed by atoms with Gasteiger partial charge in [0.15, 0.2) is 11.5 Å². The van der Waals surface area contributed by atoms with Crippen molar-refractivity contribution in [3.05, 3.63) is 29.8 Å². The van der Waals surface area contributed by atoms with Crippen LogP contribution in [0.15, 0.2) is 24.3 Å². The third-order valence-corrected chi connectivity index (χ3v) is 1.99. The zero-order valence-electron chi connectivity index (χ0n) is 7.85. The predicted octanol–water partition coefficient (Wildman–Crippen LogP) is 1.23. The van der Waals surface area contributed by atoms with Crippen molar-refractivity contribution < 1.29 is 17.4 Å². The highest BCUT2D eigenvalue weighted by atomic mass is 32.2. The molecule has 0 aliphatic carbocycles. The minimum Gasteiger partial charge on any atom is -0.382 e. The van der Waals surface area contributed by atoms with Crippen LogP contribution in [0.5, 0.6) is 5.75 Å². The van der Waals surface area contributed by atoms with Gasteiger partial charge in [-0.05, 0) is 19.1 Å². The molecule has 5 heteroatoms. The van der Waals surface area contributed by atoms with Gasteiger partial charge in [-0.2, -0.15) is 8.42 Å². The highest BCUT2D eigenvalue weighted by Gasteiger charge is 2.11. The van der Waals surface area contributed by atoms with Gasteiger partial charge >= 0.3 is 10.1 Å². The Bertz CT molecular complexity index is 448. The lowest BCUT2D eigenvalue weighted by Crippen LogP contribution is -2.08. The van der Waals surface area contributed by atoms with Crippen molar-refractivity contribution in [3.8, 4) is 5.75 Å². The number of carbonyl (C=O) groups excluding carboxylic acids is 1. The number of ketones is 1. The van der Waals surface area contributed by atoms with Gasteiger partial charge < -0.3 is 4.18 Å². The standard InChI is InChI=1S/C9H10O4S/c1-7(10)8-5-3-4-6-9(8)13-14(2,11)12/h3-6H,1-2H3. The summed E-state index contributed by atoms with van der Waals surface area (Å²) < 4.78 is 26.3. The monoisotopic (exact) mass is 214 g/mol. The van der Waals surface area contributed by atoms with Gasteiger partial charge in [0.2, 0.25) is 0 Å². The number of hydrogen-bond donors (Lipinski definition) is 0. The van der Waals surface area contributed by atoms with E-state index in [1.54, 1.807) is 12.1 Å². The molecular weight excluding hydrogens is 204 g/mol. The molecular formula is C9H10O4S. The van der Waals surface area contributed by atoms with Crippen molar-refractivity contribution in [1.29, 1.82) is 0 Å². The molecule has 0 aliphatic rings. The van der Waals surface area contributed by atoms with Crippen LogP contribution in [-0.2, 0) is 10.1 Å². The molecule has 0 aliphatic heterocycles. The van der Waals surface area contributed by atoms with E-state index >= 15 is 0 Å². The van der Waals surface area contributed by atoms with Crippen molar-refractivity contribution in [2.24, 2.45) is 0 Å². The smallest absolute Gasteiger partial charge is 0.306 e. The molecule has 0 N–H and O–H groups in total. The van der Waals surface area contributed by atoms with Gasteiger partial charge in [0, 0.05) is 0 Å². The van der Waals surface area contributed by atoms with Gasteiger partial charge in [0.25, 0.3) is 0 Å². The zero-order chi connectivity index (χ0) is 10.8. The summed E-state index contributed by atoms with van der Waals surface area (Å²) in [5, 5.41) is 0. The summed E-state index contributed by atoms with van der Waals surface area (Å²) in [6, 6.07) is 6.21. The first-order valence-corrected chi connectivity index (χ1v) is 5.71. The quantitative estimate of drug-likeness (QED) is 0.560. The molecule has 0 bridgehead atoms. The molecule has 0 unspecified atom stereocenters. The van der Waals surface area contributed by atoms with E-state index in [2.05, 4.69) is 4.18 Å². The topological polar surface area (TPSA) is 60.4 Å². The molecule has 0 aromatic heterocycles. The van der Waals surface area contributed by atoms with Crippen molar-refractivity contribution >= 4 is 15.9 Å². The minimum atomic E-state index is -3.59. The Kier molecular flexibility index (Phi) is 2.90. The van der Waals surface area contributed by atoms with E-state index < -0.39 is 10.1 Å². The summed E-state index contributed by atoms with van der Waals surface area (Å²) >= 11 is 0. The van der Waals surface area contributed by atoms with Crippen LogP contribution >= 0.6 is 0 Å². The third kappa shape index (κ3) is 2.85. The lowest BCUT2D eigenvalue weighted by atomic mass is 10.1. The average molecular weight is 214 g/mol. The molecule has 1 rings (SSSR count). The van der Waals surface area contributed by atoms with Gasteiger partial charge in [-0.15, -0.1) is 0 Å². The fourth-order valence-electron chi connectivity index (χ4n) is 0.993. The lowest BCUT2D eigenvalue weighted by molar-refractivity contribution is 0.101. The SMILES string of the molecule is CC(=O)c1ccccc1OS(C)(=O)=O. The van der Waals surface area contributed by atoms with E-state index in [1.807, 2.05) is 0 Å². The molecule has 0 heterocycles. The van der Waals surface area contributed by atoms with E-state index in [0.29, 0.717) is 0 Å². The molecule has 0 spiro atoms. The van der Waals surface area contributed by atoms with Crippen LogP contribution in [0.1, 0.15) is 17.3 Å². The van der Waals surface area contributed by atoms with Gasteiger partial charge in [-0.1, -0.05) is 12.1 Å². The van der Waals surface area contributed by atoms with Crippen LogP contribution < -0.4 is 4.18 Å². The Balaban J connectivity index is 3.15. The maximum absolute atomic E-state index is 11.1. The molecule has 76 valence electrons. The number of Topliss-reactive ketones (excluding diaryl/α,β-unsaturated/α-hetero) is 1. The number of para-hydroxylation sites is 1. The normalized spacial score (nSPS) is 11.0. The molecule has 1 aromatic rings. The Hall–Kier alpha value is -1.36. The van der Waals surface area contributed by atoms with Crippen LogP contribution in [-0.4, -0.2) is 20.5 Å². The molecule has 0 fully saturated rings. The first-order chi connectivity index (χ1) is 6.40. The Labute approximate surface area is 82.6 Å². The highest BCUT2D eigenvalue weighted by molar-refractivity contribution is 7.86. The Morgan fingerprint density at radius 3 is 2.36 bits per heavy atom.